The normalized spacial score (nSPS) is 16.7. The SMILES string of the molecule is O/N=C1\CCOc2cc(Br)ccc21.O=C1CCOc2cc(Br)ccc21. The molecule has 0 aliphatic carbocycles. The van der Waals surface area contributed by atoms with Crippen molar-refractivity contribution in [2.45, 2.75) is 12.8 Å². The highest BCUT2D eigenvalue weighted by molar-refractivity contribution is 9.10. The fourth-order valence-electron chi connectivity index (χ4n) is 2.58. The first kappa shape index (κ1) is 17.9. The number of carbonyl (C=O) groups is 1. The van der Waals surface area contributed by atoms with Crippen molar-refractivity contribution in [1.82, 2.24) is 0 Å². The monoisotopic (exact) mass is 467 g/mol. The van der Waals surface area contributed by atoms with Gasteiger partial charge in [-0.25, -0.2) is 0 Å². The maximum Gasteiger partial charge on any atom is 0.169 e. The molecule has 4 rings (SSSR count). The maximum atomic E-state index is 11.3. The van der Waals surface area contributed by atoms with Crippen LogP contribution in [0.4, 0.5) is 0 Å². The van der Waals surface area contributed by atoms with Gasteiger partial charge in [0.1, 0.15) is 11.5 Å². The quantitative estimate of drug-likeness (QED) is 0.444. The summed E-state index contributed by atoms with van der Waals surface area (Å²) >= 11 is 6.67. The topological polar surface area (TPSA) is 68.1 Å². The first-order chi connectivity index (χ1) is 12.1. The third kappa shape index (κ3) is 4.22. The van der Waals surface area contributed by atoms with E-state index in [2.05, 4.69) is 37.0 Å². The molecule has 0 spiro atoms. The molecule has 0 radical (unpaired) electrons. The Balaban J connectivity index is 0.000000146. The number of ether oxygens (including phenoxy) is 2. The maximum absolute atomic E-state index is 11.3. The first-order valence-corrected chi connectivity index (χ1v) is 9.26. The number of ketones is 1. The van der Waals surface area contributed by atoms with Gasteiger partial charge in [0.25, 0.3) is 0 Å². The van der Waals surface area contributed by atoms with E-state index < -0.39 is 0 Å². The Morgan fingerprint density at radius 3 is 2.08 bits per heavy atom. The number of oxime groups is 1. The van der Waals surface area contributed by atoms with Gasteiger partial charge in [0.05, 0.1) is 24.5 Å². The van der Waals surface area contributed by atoms with E-state index in [1.165, 1.54) is 0 Å². The fraction of sp³-hybridized carbons (Fsp3) is 0.222. The summed E-state index contributed by atoms with van der Waals surface area (Å²) in [7, 11) is 0. The predicted molar refractivity (Wildman–Crippen MR) is 101 cm³/mol. The van der Waals surface area contributed by atoms with E-state index in [0.717, 1.165) is 20.3 Å². The third-order valence-electron chi connectivity index (χ3n) is 3.80. The molecule has 2 aromatic rings. The third-order valence-corrected chi connectivity index (χ3v) is 4.79. The lowest BCUT2D eigenvalue weighted by atomic mass is 10.0. The van der Waals surface area contributed by atoms with Crippen molar-refractivity contribution < 1.29 is 19.5 Å². The molecule has 25 heavy (non-hydrogen) atoms. The van der Waals surface area contributed by atoms with Crippen LogP contribution in [0.25, 0.3) is 0 Å². The van der Waals surface area contributed by atoms with E-state index in [1.54, 1.807) is 6.07 Å². The highest BCUT2D eigenvalue weighted by Crippen LogP contribution is 2.29. The molecule has 2 heterocycles. The van der Waals surface area contributed by atoms with E-state index in [4.69, 9.17) is 14.7 Å². The summed E-state index contributed by atoms with van der Waals surface area (Å²) in [5, 5.41) is 12.0. The van der Waals surface area contributed by atoms with Crippen LogP contribution in [-0.2, 0) is 0 Å². The molecule has 2 aliphatic rings. The van der Waals surface area contributed by atoms with Gasteiger partial charge in [-0.2, -0.15) is 0 Å². The summed E-state index contributed by atoms with van der Waals surface area (Å²) in [6.07, 6.45) is 1.15. The second-order valence-corrected chi connectivity index (χ2v) is 7.28. The zero-order valence-electron chi connectivity index (χ0n) is 13.2. The van der Waals surface area contributed by atoms with Gasteiger partial charge in [-0.1, -0.05) is 37.0 Å². The van der Waals surface area contributed by atoms with Crippen LogP contribution in [-0.4, -0.2) is 29.9 Å². The molecule has 0 saturated carbocycles. The van der Waals surface area contributed by atoms with Gasteiger partial charge in [0, 0.05) is 27.4 Å². The number of hydrogen-bond acceptors (Lipinski definition) is 5. The lowest BCUT2D eigenvalue weighted by molar-refractivity contribution is 0.0933. The van der Waals surface area contributed by atoms with Crippen molar-refractivity contribution in [2.75, 3.05) is 13.2 Å². The Labute approximate surface area is 161 Å². The summed E-state index contributed by atoms with van der Waals surface area (Å²) in [6.45, 7) is 1.07. The minimum Gasteiger partial charge on any atom is -0.492 e. The van der Waals surface area contributed by atoms with Crippen molar-refractivity contribution in [3.63, 3.8) is 0 Å². The lowest BCUT2D eigenvalue weighted by Crippen LogP contribution is -2.16. The predicted octanol–water partition coefficient (Wildman–Crippen LogP) is 4.82. The average molecular weight is 469 g/mol. The Bertz CT molecular complexity index is 836. The van der Waals surface area contributed by atoms with Crippen molar-refractivity contribution in [1.29, 1.82) is 0 Å². The van der Waals surface area contributed by atoms with E-state index in [1.807, 2.05) is 30.3 Å². The lowest BCUT2D eigenvalue weighted by Gasteiger charge is -2.17. The largest absolute Gasteiger partial charge is 0.492 e. The number of carbonyl (C=O) groups excluding carboxylic acids is 1. The molecule has 7 heteroatoms. The van der Waals surface area contributed by atoms with Gasteiger partial charge in [-0.15, -0.1) is 0 Å². The second-order valence-electron chi connectivity index (χ2n) is 5.45. The standard InChI is InChI=1S/C9H8BrNO2.C9H7BrO2/c10-6-1-2-7-8(11-12)3-4-13-9(7)5-6;10-6-1-2-7-8(11)3-4-12-9(7)5-6/h1-2,5,12H,3-4H2;1-2,5H,3-4H2/b11-8+;. The average Bonchev–Trinajstić information content (AvgIpc) is 2.61. The van der Waals surface area contributed by atoms with Gasteiger partial charge < -0.3 is 14.7 Å². The van der Waals surface area contributed by atoms with Gasteiger partial charge in [0.15, 0.2) is 5.78 Å². The first-order valence-electron chi connectivity index (χ1n) is 7.67. The summed E-state index contributed by atoms with van der Waals surface area (Å²) in [5.41, 5.74) is 2.26. The van der Waals surface area contributed by atoms with Crippen LogP contribution in [0.5, 0.6) is 11.5 Å². The summed E-state index contributed by atoms with van der Waals surface area (Å²) < 4.78 is 12.6. The fourth-order valence-corrected chi connectivity index (χ4v) is 3.26. The van der Waals surface area contributed by atoms with E-state index in [9.17, 15) is 4.79 Å². The smallest absolute Gasteiger partial charge is 0.169 e. The van der Waals surface area contributed by atoms with Crippen LogP contribution in [0.2, 0.25) is 0 Å². The molecule has 5 nitrogen and oxygen atoms in total. The van der Waals surface area contributed by atoms with Gasteiger partial charge in [0.2, 0.25) is 0 Å². The van der Waals surface area contributed by atoms with Crippen LogP contribution >= 0.6 is 31.9 Å². The summed E-state index contributed by atoms with van der Waals surface area (Å²) in [5.74, 6) is 1.64. The minimum atomic E-state index is 0.170. The van der Waals surface area contributed by atoms with Gasteiger partial charge in [-0.05, 0) is 36.4 Å². The zero-order chi connectivity index (χ0) is 17.8. The summed E-state index contributed by atoms with van der Waals surface area (Å²) in [4.78, 5) is 11.3. The summed E-state index contributed by atoms with van der Waals surface area (Å²) in [6, 6.07) is 11.1. The highest BCUT2D eigenvalue weighted by atomic mass is 79.9. The molecule has 2 aromatic carbocycles. The molecule has 2 aliphatic heterocycles. The number of Topliss-reactive ketones (excluding diaryl/α,β-unsaturated/α-hetero) is 1. The van der Waals surface area contributed by atoms with Crippen molar-refractivity contribution in [3.05, 3.63) is 56.5 Å². The molecular formula is C18H15Br2NO4. The van der Waals surface area contributed by atoms with Crippen LogP contribution in [0.3, 0.4) is 0 Å². The molecule has 1 N–H and O–H groups in total. The molecular weight excluding hydrogens is 454 g/mol. The number of halogens is 2. The molecule has 0 saturated heterocycles. The van der Waals surface area contributed by atoms with E-state index >= 15 is 0 Å². The molecule has 0 fully saturated rings. The second kappa shape index (κ2) is 8.01. The van der Waals surface area contributed by atoms with Crippen molar-refractivity contribution >= 4 is 43.4 Å². The molecule has 0 atom stereocenters. The number of nitrogens with zero attached hydrogens (tertiary/aromatic N) is 1. The molecule has 0 bridgehead atoms. The number of fused-ring (bicyclic) bond motifs is 2. The number of benzene rings is 2. The van der Waals surface area contributed by atoms with Crippen LogP contribution < -0.4 is 9.47 Å². The molecule has 0 unspecified atom stereocenters. The van der Waals surface area contributed by atoms with Crippen molar-refractivity contribution in [3.8, 4) is 11.5 Å². The van der Waals surface area contributed by atoms with Gasteiger partial charge in [-0.3, -0.25) is 4.79 Å². The van der Waals surface area contributed by atoms with Crippen LogP contribution in [0.1, 0.15) is 28.8 Å². The van der Waals surface area contributed by atoms with E-state index in [0.29, 0.717) is 43.1 Å². The van der Waals surface area contributed by atoms with E-state index in [-0.39, 0.29) is 5.78 Å². The Hall–Kier alpha value is -1.86. The Kier molecular flexibility index (Phi) is 5.75. The number of rotatable bonds is 0. The molecule has 0 aromatic heterocycles. The van der Waals surface area contributed by atoms with Crippen molar-refractivity contribution in [2.24, 2.45) is 5.16 Å². The van der Waals surface area contributed by atoms with Crippen LogP contribution in [0.15, 0.2) is 50.5 Å². The molecule has 0 amide bonds. The minimum absolute atomic E-state index is 0.170. The van der Waals surface area contributed by atoms with Gasteiger partial charge >= 0.3 is 0 Å². The Morgan fingerprint density at radius 1 is 0.880 bits per heavy atom. The highest BCUT2D eigenvalue weighted by Gasteiger charge is 2.18. The Morgan fingerprint density at radius 2 is 1.44 bits per heavy atom. The number of hydrogen-bond donors (Lipinski definition) is 1. The molecule has 130 valence electrons. The zero-order valence-corrected chi connectivity index (χ0v) is 16.3. The van der Waals surface area contributed by atoms with Crippen LogP contribution in [0, 0.1) is 0 Å².